The second kappa shape index (κ2) is 8.65. The second-order valence-electron chi connectivity index (χ2n) is 7.27. The van der Waals surface area contributed by atoms with Gasteiger partial charge in [0.2, 0.25) is 17.6 Å². The highest BCUT2D eigenvalue weighted by Gasteiger charge is 2.15. The lowest BCUT2D eigenvalue weighted by Crippen LogP contribution is -2.29. The topological polar surface area (TPSA) is 73.3 Å². The van der Waals surface area contributed by atoms with Gasteiger partial charge in [0.15, 0.2) is 0 Å². The molecule has 0 aliphatic heterocycles. The molecule has 0 radical (unpaired) electrons. The number of pyridine rings is 1. The molecule has 0 atom stereocenters. The number of hydrogen-bond donors (Lipinski definition) is 0. The summed E-state index contributed by atoms with van der Waals surface area (Å²) in [6, 6.07) is 6.21. The lowest BCUT2D eigenvalue weighted by molar-refractivity contribution is 0.0893. The van der Waals surface area contributed by atoms with E-state index in [1.165, 1.54) is 19.3 Å². The Morgan fingerprint density at radius 1 is 1.32 bits per heavy atom. The maximum atomic E-state index is 12.8. The molecule has 0 bridgehead atoms. The third kappa shape index (κ3) is 4.47. The molecule has 0 aromatic carbocycles. The molecular weight excluding hydrogens is 372 g/mol. The van der Waals surface area contributed by atoms with Crippen molar-refractivity contribution in [3.63, 3.8) is 0 Å². The Bertz CT molecular complexity index is 998. The van der Waals surface area contributed by atoms with Crippen molar-refractivity contribution in [3.8, 4) is 11.4 Å². The average molecular weight is 397 g/mol. The minimum Gasteiger partial charge on any atom is -0.339 e. The number of nitrogens with zero attached hydrogens (tertiary/aromatic N) is 4. The summed E-state index contributed by atoms with van der Waals surface area (Å²) in [7, 11) is 0. The molecule has 0 unspecified atom stereocenters. The Kier molecular flexibility index (Phi) is 5.81. The van der Waals surface area contributed by atoms with Crippen LogP contribution >= 0.6 is 11.3 Å². The Balaban J connectivity index is 1.48. The fourth-order valence-corrected chi connectivity index (χ4v) is 4.13. The van der Waals surface area contributed by atoms with E-state index in [0.29, 0.717) is 30.6 Å². The van der Waals surface area contributed by atoms with Gasteiger partial charge in [0.05, 0.1) is 6.04 Å². The maximum absolute atomic E-state index is 12.8. The molecule has 146 valence electrons. The molecule has 0 saturated heterocycles. The van der Waals surface area contributed by atoms with Gasteiger partial charge >= 0.3 is 0 Å². The summed E-state index contributed by atoms with van der Waals surface area (Å²) in [4.78, 5) is 22.1. The van der Waals surface area contributed by atoms with E-state index in [-0.39, 0.29) is 5.91 Å². The van der Waals surface area contributed by atoms with Crippen molar-refractivity contribution in [2.75, 3.05) is 0 Å². The predicted molar refractivity (Wildman–Crippen MR) is 108 cm³/mol. The third-order valence-corrected chi connectivity index (χ3v) is 5.73. The molecule has 3 aromatic heterocycles. The Morgan fingerprint density at radius 3 is 2.96 bits per heavy atom. The summed E-state index contributed by atoms with van der Waals surface area (Å²) in [5.41, 5.74) is 2.80. The zero-order valence-corrected chi connectivity index (χ0v) is 16.8. The number of aromatic nitrogens is 3. The first-order valence-corrected chi connectivity index (χ1v) is 10.7. The van der Waals surface area contributed by atoms with Crippen molar-refractivity contribution in [3.05, 3.63) is 52.1 Å². The number of carbonyl (C=O) groups is 1. The van der Waals surface area contributed by atoms with Crippen LogP contribution in [0.2, 0.25) is 0 Å². The van der Waals surface area contributed by atoms with Crippen molar-refractivity contribution in [1.82, 2.24) is 14.7 Å². The normalized spacial score (nSPS) is 15.8. The molecule has 1 saturated carbocycles. The first kappa shape index (κ1) is 18.8. The Labute approximate surface area is 168 Å². The highest BCUT2D eigenvalue weighted by atomic mass is 32.1. The van der Waals surface area contributed by atoms with Crippen LogP contribution < -0.4 is 5.49 Å². The molecule has 6 nitrogen and oxygen atoms in total. The summed E-state index contributed by atoms with van der Waals surface area (Å²) >= 11 is 1.59. The molecular formula is C21H24N4O2S. The second-order valence-corrected chi connectivity index (χ2v) is 8.05. The Hall–Kier alpha value is -2.54. The predicted octanol–water partition coefficient (Wildman–Crippen LogP) is 4.41. The van der Waals surface area contributed by atoms with Gasteiger partial charge in [0.25, 0.3) is 0 Å². The standard InChI is InChI=1S/C21H24N4O2S/c1-15-9-11-25(18(13-15)22-17-5-3-2-4-6-17)20(26)8-7-19-23-21(24-27-19)16-10-12-28-14-16/h9-14,17H,2-8H2,1H3. The van der Waals surface area contributed by atoms with Gasteiger partial charge in [-0.05, 0) is 48.9 Å². The number of hydrogen-bond acceptors (Lipinski definition) is 6. The van der Waals surface area contributed by atoms with Crippen LogP contribution in [0.5, 0.6) is 0 Å². The first-order valence-electron chi connectivity index (χ1n) is 9.80. The quantitative estimate of drug-likeness (QED) is 0.640. The van der Waals surface area contributed by atoms with Crippen molar-refractivity contribution in [2.24, 2.45) is 4.99 Å². The number of rotatable bonds is 5. The zero-order valence-electron chi connectivity index (χ0n) is 16.0. The summed E-state index contributed by atoms with van der Waals surface area (Å²) in [6.45, 7) is 2.03. The van der Waals surface area contributed by atoms with Gasteiger partial charge in [0, 0.05) is 30.0 Å². The highest BCUT2D eigenvalue weighted by Crippen LogP contribution is 2.20. The molecule has 0 N–H and O–H groups in total. The molecule has 28 heavy (non-hydrogen) atoms. The lowest BCUT2D eigenvalue weighted by Gasteiger charge is -2.18. The smallest absolute Gasteiger partial charge is 0.232 e. The van der Waals surface area contributed by atoms with Gasteiger partial charge in [0.1, 0.15) is 5.49 Å². The van der Waals surface area contributed by atoms with E-state index >= 15 is 0 Å². The summed E-state index contributed by atoms with van der Waals surface area (Å²) in [5.74, 6) is 1.04. The molecule has 1 aliphatic rings. The average Bonchev–Trinajstić information content (AvgIpc) is 3.39. The maximum Gasteiger partial charge on any atom is 0.232 e. The molecule has 3 heterocycles. The zero-order chi connectivity index (χ0) is 19.3. The van der Waals surface area contributed by atoms with E-state index in [1.54, 1.807) is 15.9 Å². The Morgan fingerprint density at radius 2 is 2.18 bits per heavy atom. The van der Waals surface area contributed by atoms with Crippen molar-refractivity contribution < 1.29 is 9.32 Å². The molecule has 0 amide bonds. The minimum atomic E-state index is -0.00940. The fourth-order valence-electron chi connectivity index (χ4n) is 3.50. The summed E-state index contributed by atoms with van der Waals surface area (Å²) < 4.78 is 6.97. The van der Waals surface area contributed by atoms with Gasteiger partial charge in [-0.25, -0.2) is 0 Å². The molecule has 0 spiro atoms. The monoisotopic (exact) mass is 396 g/mol. The largest absolute Gasteiger partial charge is 0.339 e. The van der Waals surface area contributed by atoms with Gasteiger partial charge in [-0.2, -0.15) is 16.3 Å². The van der Waals surface area contributed by atoms with Crippen LogP contribution in [0, 0.1) is 6.92 Å². The van der Waals surface area contributed by atoms with Crippen LogP contribution in [0.3, 0.4) is 0 Å². The SMILES string of the molecule is Cc1ccn(C(=O)CCc2nc(-c3ccsc3)no2)c(=NC2CCCCC2)c1. The number of carbonyl (C=O) groups excluding carboxylic acids is 1. The molecule has 1 fully saturated rings. The van der Waals surface area contributed by atoms with E-state index in [2.05, 4.69) is 10.1 Å². The molecule has 3 aromatic rings. The van der Waals surface area contributed by atoms with Crippen molar-refractivity contribution in [1.29, 1.82) is 0 Å². The molecule has 7 heteroatoms. The summed E-state index contributed by atoms with van der Waals surface area (Å²) in [5, 5.41) is 7.95. The van der Waals surface area contributed by atoms with Crippen LogP contribution in [-0.2, 0) is 6.42 Å². The summed E-state index contributed by atoms with van der Waals surface area (Å²) in [6.07, 6.45) is 8.48. The van der Waals surface area contributed by atoms with E-state index in [1.807, 2.05) is 42.1 Å². The van der Waals surface area contributed by atoms with Gasteiger partial charge in [-0.1, -0.05) is 24.4 Å². The van der Waals surface area contributed by atoms with E-state index in [9.17, 15) is 4.79 Å². The molecule has 1 aliphatic carbocycles. The van der Waals surface area contributed by atoms with E-state index in [4.69, 9.17) is 9.52 Å². The number of thiophene rings is 1. The van der Waals surface area contributed by atoms with Gasteiger partial charge in [-0.3, -0.25) is 14.4 Å². The lowest BCUT2D eigenvalue weighted by atomic mass is 9.96. The van der Waals surface area contributed by atoms with Crippen LogP contribution in [0.4, 0.5) is 0 Å². The van der Waals surface area contributed by atoms with E-state index in [0.717, 1.165) is 29.5 Å². The minimum absolute atomic E-state index is 0.00940. The highest BCUT2D eigenvalue weighted by molar-refractivity contribution is 7.08. The third-order valence-electron chi connectivity index (χ3n) is 5.05. The van der Waals surface area contributed by atoms with Crippen LogP contribution in [0.1, 0.15) is 54.8 Å². The van der Waals surface area contributed by atoms with Crippen molar-refractivity contribution >= 4 is 17.2 Å². The first-order chi connectivity index (χ1) is 13.7. The van der Waals surface area contributed by atoms with Crippen LogP contribution in [0.25, 0.3) is 11.4 Å². The van der Waals surface area contributed by atoms with E-state index < -0.39 is 0 Å². The van der Waals surface area contributed by atoms with Crippen LogP contribution in [-0.4, -0.2) is 26.7 Å². The van der Waals surface area contributed by atoms with Crippen LogP contribution in [0.15, 0.2) is 44.7 Å². The van der Waals surface area contributed by atoms with Gasteiger partial charge in [-0.15, -0.1) is 0 Å². The fraction of sp³-hybridized carbons (Fsp3) is 0.429. The van der Waals surface area contributed by atoms with Gasteiger partial charge < -0.3 is 4.52 Å². The molecule has 4 rings (SSSR count). The van der Waals surface area contributed by atoms with Crippen molar-refractivity contribution in [2.45, 2.75) is 57.9 Å². The number of aryl methyl sites for hydroxylation is 2.